The Kier molecular flexibility index (Phi) is 4.53. The minimum atomic E-state index is -0.00894. The van der Waals surface area contributed by atoms with Gasteiger partial charge in [0.2, 0.25) is 11.8 Å². The third kappa shape index (κ3) is 3.20. The van der Waals surface area contributed by atoms with E-state index in [0.29, 0.717) is 5.89 Å². The van der Waals surface area contributed by atoms with Crippen LogP contribution in [0, 0.1) is 0 Å². The molecule has 0 radical (unpaired) electrons. The van der Waals surface area contributed by atoms with Crippen LogP contribution < -0.4 is 5.32 Å². The maximum absolute atomic E-state index is 12.5. The smallest absolute Gasteiger partial charge is 0.241 e. The third-order valence-corrected chi connectivity index (χ3v) is 3.99. The van der Waals surface area contributed by atoms with E-state index in [0.717, 1.165) is 43.6 Å². The molecule has 1 saturated heterocycles. The first-order valence-corrected chi connectivity index (χ1v) is 7.83. The van der Waals surface area contributed by atoms with Crippen molar-refractivity contribution in [2.45, 2.75) is 32.2 Å². The molecule has 5 nitrogen and oxygen atoms in total. The van der Waals surface area contributed by atoms with Crippen LogP contribution in [0.25, 0.3) is 11.5 Å². The van der Waals surface area contributed by atoms with Crippen LogP contribution in [0.15, 0.2) is 41.1 Å². The van der Waals surface area contributed by atoms with Gasteiger partial charge in [-0.3, -0.25) is 9.69 Å². The highest BCUT2D eigenvalue weighted by molar-refractivity contribution is 5.95. The lowest BCUT2D eigenvalue weighted by molar-refractivity contribution is -0.120. The molecule has 1 N–H and O–H groups in total. The number of nitrogens with zero attached hydrogens (tertiary/aromatic N) is 2. The van der Waals surface area contributed by atoms with E-state index < -0.39 is 0 Å². The molecule has 2 aromatic rings. The van der Waals surface area contributed by atoms with Crippen molar-refractivity contribution in [1.82, 2.24) is 9.88 Å². The lowest BCUT2D eigenvalue weighted by Gasteiger charge is -2.23. The van der Waals surface area contributed by atoms with Gasteiger partial charge in [-0.2, -0.15) is 0 Å². The van der Waals surface area contributed by atoms with Crippen molar-refractivity contribution in [2.24, 2.45) is 0 Å². The number of amides is 1. The van der Waals surface area contributed by atoms with Crippen LogP contribution in [0.2, 0.25) is 0 Å². The fraction of sp³-hybridized carbons (Fsp3) is 0.412. The third-order valence-electron chi connectivity index (χ3n) is 3.99. The average molecular weight is 299 g/mol. The fourth-order valence-electron chi connectivity index (χ4n) is 3.00. The normalized spacial score (nSPS) is 18.5. The lowest BCUT2D eigenvalue weighted by atomic mass is 10.1. The zero-order chi connectivity index (χ0) is 15.4. The molecule has 1 aliphatic rings. The molecule has 1 aromatic heterocycles. The van der Waals surface area contributed by atoms with Gasteiger partial charge in [0.1, 0.15) is 6.26 Å². The first kappa shape index (κ1) is 14.8. The Hall–Kier alpha value is -2.14. The molecule has 1 aliphatic heterocycles. The summed E-state index contributed by atoms with van der Waals surface area (Å²) in [4.78, 5) is 18.9. The van der Waals surface area contributed by atoms with Crippen LogP contribution in [-0.4, -0.2) is 34.9 Å². The van der Waals surface area contributed by atoms with Crippen molar-refractivity contribution in [3.8, 4) is 11.5 Å². The van der Waals surface area contributed by atoms with Crippen LogP contribution in [0.4, 0.5) is 5.69 Å². The Morgan fingerprint density at radius 2 is 2.41 bits per heavy atom. The molecule has 3 rings (SSSR count). The molecule has 0 bridgehead atoms. The summed E-state index contributed by atoms with van der Waals surface area (Å²) in [5.41, 5.74) is 1.64. The molecule has 0 spiro atoms. The van der Waals surface area contributed by atoms with Crippen molar-refractivity contribution in [3.05, 3.63) is 36.7 Å². The second-order valence-electron chi connectivity index (χ2n) is 5.60. The topological polar surface area (TPSA) is 58.4 Å². The van der Waals surface area contributed by atoms with Crippen LogP contribution in [0.5, 0.6) is 0 Å². The van der Waals surface area contributed by atoms with Gasteiger partial charge in [0.05, 0.1) is 12.2 Å². The summed E-state index contributed by atoms with van der Waals surface area (Å²) in [6.45, 7) is 4.14. The van der Waals surface area contributed by atoms with E-state index in [2.05, 4.69) is 22.1 Å². The first-order chi connectivity index (χ1) is 10.8. The second kappa shape index (κ2) is 6.75. The Balaban J connectivity index is 1.70. The molecule has 2 heterocycles. The first-order valence-electron chi connectivity index (χ1n) is 7.83. The number of hydrogen-bond donors (Lipinski definition) is 1. The summed E-state index contributed by atoms with van der Waals surface area (Å²) in [5, 5.41) is 3.02. The predicted octanol–water partition coefficient (Wildman–Crippen LogP) is 3.15. The largest absolute Gasteiger partial charge is 0.445 e. The summed E-state index contributed by atoms with van der Waals surface area (Å²) >= 11 is 0. The van der Waals surface area contributed by atoms with E-state index in [4.69, 9.17) is 4.42 Å². The standard InChI is InChI=1S/C17H21N3O2/c1-2-9-20-10-4-7-15(20)16(21)19-14-6-3-5-13(12-14)17-18-8-11-22-17/h3,5-6,8,11-12,15H,2,4,7,9-10H2,1H3,(H,19,21). The van der Waals surface area contributed by atoms with E-state index in [-0.39, 0.29) is 11.9 Å². The summed E-state index contributed by atoms with van der Waals surface area (Å²) in [7, 11) is 0. The number of carbonyl (C=O) groups is 1. The fourth-order valence-corrected chi connectivity index (χ4v) is 3.00. The number of carbonyl (C=O) groups excluding carboxylic acids is 1. The maximum atomic E-state index is 12.5. The van der Waals surface area contributed by atoms with Gasteiger partial charge in [-0.15, -0.1) is 0 Å². The second-order valence-corrected chi connectivity index (χ2v) is 5.60. The quantitative estimate of drug-likeness (QED) is 0.921. The van der Waals surface area contributed by atoms with Crippen LogP contribution in [0.1, 0.15) is 26.2 Å². The van der Waals surface area contributed by atoms with Gasteiger partial charge in [-0.05, 0) is 50.6 Å². The molecule has 22 heavy (non-hydrogen) atoms. The van der Waals surface area contributed by atoms with E-state index in [1.165, 1.54) is 0 Å². The minimum absolute atomic E-state index is 0.00894. The van der Waals surface area contributed by atoms with Gasteiger partial charge < -0.3 is 9.73 Å². The molecule has 1 fully saturated rings. The van der Waals surface area contributed by atoms with E-state index in [1.54, 1.807) is 12.5 Å². The van der Waals surface area contributed by atoms with Crippen LogP contribution in [-0.2, 0) is 4.79 Å². The minimum Gasteiger partial charge on any atom is -0.445 e. The molecule has 1 unspecified atom stereocenters. The van der Waals surface area contributed by atoms with Gasteiger partial charge in [0.15, 0.2) is 0 Å². The summed E-state index contributed by atoms with van der Waals surface area (Å²) in [6.07, 6.45) is 6.26. The number of aromatic nitrogens is 1. The average Bonchev–Trinajstić information content (AvgIpc) is 3.19. The number of hydrogen-bond acceptors (Lipinski definition) is 4. The van der Waals surface area contributed by atoms with Crippen molar-refractivity contribution >= 4 is 11.6 Å². The van der Waals surface area contributed by atoms with E-state index in [9.17, 15) is 4.79 Å². The van der Waals surface area contributed by atoms with Gasteiger partial charge >= 0.3 is 0 Å². The molecule has 1 amide bonds. The molecule has 1 atom stereocenters. The maximum Gasteiger partial charge on any atom is 0.241 e. The van der Waals surface area contributed by atoms with E-state index >= 15 is 0 Å². The molecule has 0 saturated carbocycles. The van der Waals surface area contributed by atoms with Crippen LogP contribution in [0.3, 0.4) is 0 Å². The number of anilines is 1. The molecular formula is C17H21N3O2. The summed E-state index contributed by atoms with van der Waals surface area (Å²) < 4.78 is 5.30. The summed E-state index contributed by atoms with van der Waals surface area (Å²) in [6, 6.07) is 7.59. The van der Waals surface area contributed by atoms with Crippen molar-refractivity contribution in [1.29, 1.82) is 0 Å². The van der Waals surface area contributed by atoms with Gasteiger partial charge in [0.25, 0.3) is 0 Å². The molecule has 116 valence electrons. The number of nitrogens with one attached hydrogen (secondary N) is 1. The Morgan fingerprint density at radius 3 is 3.18 bits per heavy atom. The number of oxazole rings is 1. The zero-order valence-electron chi connectivity index (χ0n) is 12.8. The molecule has 1 aromatic carbocycles. The van der Waals surface area contributed by atoms with E-state index in [1.807, 2.05) is 24.3 Å². The summed E-state index contributed by atoms with van der Waals surface area (Å²) in [5.74, 6) is 0.639. The lowest BCUT2D eigenvalue weighted by Crippen LogP contribution is -2.39. The van der Waals surface area contributed by atoms with Gasteiger partial charge in [0, 0.05) is 11.3 Å². The Labute approximate surface area is 130 Å². The highest BCUT2D eigenvalue weighted by Crippen LogP contribution is 2.23. The Bertz CT molecular complexity index is 625. The van der Waals surface area contributed by atoms with Gasteiger partial charge in [-0.25, -0.2) is 4.98 Å². The highest BCUT2D eigenvalue weighted by atomic mass is 16.3. The van der Waals surface area contributed by atoms with Crippen molar-refractivity contribution in [3.63, 3.8) is 0 Å². The number of likely N-dealkylation sites (tertiary alicyclic amines) is 1. The SMILES string of the molecule is CCCN1CCCC1C(=O)Nc1cccc(-c2ncco2)c1. The van der Waals surface area contributed by atoms with Gasteiger partial charge in [-0.1, -0.05) is 13.0 Å². The zero-order valence-corrected chi connectivity index (χ0v) is 12.8. The number of rotatable bonds is 5. The molecule has 5 heteroatoms. The number of benzene rings is 1. The molecule has 0 aliphatic carbocycles. The predicted molar refractivity (Wildman–Crippen MR) is 85.5 cm³/mol. The van der Waals surface area contributed by atoms with Crippen LogP contribution >= 0.6 is 0 Å². The monoisotopic (exact) mass is 299 g/mol. The highest BCUT2D eigenvalue weighted by Gasteiger charge is 2.29. The van der Waals surface area contributed by atoms with Crippen molar-refractivity contribution in [2.75, 3.05) is 18.4 Å². The molecular weight excluding hydrogens is 278 g/mol. The van der Waals surface area contributed by atoms with Crippen molar-refractivity contribution < 1.29 is 9.21 Å². The Morgan fingerprint density at radius 1 is 1.50 bits per heavy atom.